The Bertz CT molecular complexity index is 866. The van der Waals surface area contributed by atoms with Crippen LogP contribution >= 0.6 is 11.3 Å². The highest BCUT2D eigenvalue weighted by atomic mass is 32.1. The van der Waals surface area contributed by atoms with Gasteiger partial charge in [-0.3, -0.25) is 4.79 Å². The molecule has 4 nitrogen and oxygen atoms in total. The minimum Gasteiger partial charge on any atom is -0.382 e. The number of benzene rings is 1. The molecular formula is C22H30N2O2S. The van der Waals surface area contributed by atoms with E-state index in [-0.39, 0.29) is 6.61 Å². The number of para-hydroxylation sites is 1. The molecule has 1 amide bonds. The van der Waals surface area contributed by atoms with Crippen LogP contribution in [-0.2, 0) is 16.0 Å². The molecule has 5 heteroatoms. The van der Waals surface area contributed by atoms with Crippen LogP contribution in [0.25, 0.3) is 0 Å². The summed E-state index contributed by atoms with van der Waals surface area (Å²) in [7, 11) is 1.55. The zero-order chi connectivity index (χ0) is 23.4. The fourth-order valence-corrected chi connectivity index (χ4v) is 4.55. The van der Waals surface area contributed by atoms with E-state index in [1.165, 1.54) is 9.78 Å². The van der Waals surface area contributed by atoms with Crippen molar-refractivity contribution in [1.82, 2.24) is 4.90 Å². The van der Waals surface area contributed by atoms with Gasteiger partial charge in [-0.05, 0) is 42.8 Å². The summed E-state index contributed by atoms with van der Waals surface area (Å²) in [4.78, 5) is 18.5. The van der Waals surface area contributed by atoms with E-state index in [0.717, 1.165) is 13.0 Å². The highest BCUT2D eigenvalue weighted by molar-refractivity contribution is 7.09. The number of hydrogen-bond acceptors (Lipinski definition) is 4. The van der Waals surface area contributed by atoms with Gasteiger partial charge in [-0.15, -0.1) is 11.3 Å². The Kier molecular flexibility index (Phi) is 5.04. The van der Waals surface area contributed by atoms with Crippen LogP contribution in [0.4, 0.5) is 5.69 Å². The Hall–Kier alpha value is -1.69. The topological polar surface area (TPSA) is 32.8 Å². The molecule has 146 valence electrons. The van der Waals surface area contributed by atoms with Gasteiger partial charge in [0.1, 0.15) is 0 Å². The molecular weight excluding hydrogens is 356 g/mol. The summed E-state index contributed by atoms with van der Waals surface area (Å²) < 4.78 is 44.7. The first-order valence-corrected chi connectivity index (χ1v) is 10.1. The van der Waals surface area contributed by atoms with Crippen molar-refractivity contribution in [1.29, 1.82) is 0 Å². The van der Waals surface area contributed by atoms with Crippen LogP contribution in [0.5, 0.6) is 0 Å². The fraction of sp³-hybridized carbons (Fsp3) is 0.500. The third-order valence-electron chi connectivity index (χ3n) is 5.25. The van der Waals surface area contributed by atoms with Gasteiger partial charge in [-0.1, -0.05) is 31.1 Å². The van der Waals surface area contributed by atoms with Gasteiger partial charge in [0.25, 0.3) is 0 Å². The molecule has 2 aromatic rings. The quantitative estimate of drug-likeness (QED) is 0.676. The number of amides is 1. The van der Waals surface area contributed by atoms with E-state index in [2.05, 4.69) is 16.3 Å². The second-order valence-electron chi connectivity index (χ2n) is 6.93. The number of thiophene rings is 1. The van der Waals surface area contributed by atoms with Crippen molar-refractivity contribution < 1.29 is 16.4 Å². The van der Waals surface area contributed by atoms with Gasteiger partial charge in [-0.25, -0.2) is 0 Å². The lowest BCUT2D eigenvalue weighted by Gasteiger charge is -2.48. The average Bonchev–Trinajstić information content (AvgIpc) is 3.27. The van der Waals surface area contributed by atoms with E-state index >= 15 is 0 Å². The first-order valence-electron chi connectivity index (χ1n) is 11.7. The molecule has 0 saturated carbocycles. The number of methoxy groups -OCH3 is 1. The van der Waals surface area contributed by atoms with E-state index in [1.807, 2.05) is 6.07 Å². The maximum atomic E-state index is 13.5. The summed E-state index contributed by atoms with van der Waals surface area (Å²) in [6.07, 6.45) is -0.941. The zero-order valence-electron chi connectivity index (χ0n) is 20.7. The van der Waals surface area contributed by atoms with Gasteiger partial charge in [0.2, 0.25) is 5.91 Å². The number of anilines is 1. The lowest BCUT2D eigenvalue weighted by Crippen LogP contribution is -2.60. The second-order valence-corrected chi connectivity index (χ2v) is 7.96. The van der Waals surface area contributed by atoms with Crippen molar-refractivity contribution in [3.05, 3.63) is 52.7 Å². The van der Waals surface area contributed by atoms with Crippen LogP contribution in [-0.4, -0.2) is 49.7 Å². The van der Waals surface area contributed by atoms with Gasteiger partial charge in [0.15, 0.2) is 0 Å². The minimum atomic E-state index is -3.08. The molecule has 0 N–H and O–H groups in total. The van der Waals surface area contributed by atoms with Crippen LogP contribution in [0.3, 0.4) is 0 Å². The summed E-state index contributed by atoms with van der Waals surface area (Å²) in [5, 5.41) is 2.07. The minimum absolute atomic E-state index is 0.198. The number of nitrogens with zero attached hydrogens (tertiary/aromatic N) is 2. The molecule has 1 saturated heterocycles. The maximum absolute atomic E-state index is 13.5. The molecule has 2 heterocycles. The van der Waals surface area contributed by atoms with Crippen LogP contribution in [0.15, 0.2) is 47.8 Å². The normalized spacial score (nSPS) is 20.7. The summed E-state index contributed by atoms with van der Waals surface area (Å²) in [5.41, 5.74) is -0.347. The van der Waals surface area contributed by atoms with Crippen LogP contribution < -0.4 is 4.90 Å². The molecule has 0 radical (unpaired) electrons. The zero-order valence-corrected chi connectivity index (χ0v) is 16.5. The Morgan fingerprint density at radius 1 is 1.30 bits per heavy atom. The Labute approximate surface area is 173 Å². The van der Waals surface area contributed by atoms with Crippen molar-refractivity contribution in [3.63, 3.8) is 0 Å². The number of rotatable bonds is 8. The Morgan fingerprint density at radius 3 is 2.70 bits per heavy atom. The first kappa shape index (κ1) is 14.3. The molecule has 0 aliphatic carbocycles. The van der Waals surface area contributed by atoms with Gasteiger partial charge in [-0.2, -0.15) is 0 Å². The van der Waals surface area contributed by atoms with Crippen molar-refractivity contribution in [3.8, 4) is 0 Å². The molecule has 1 aliphatic heterocycles. The average molecular weight is 392 g/mol. The Balaban J connectivity index is 1.88. The lowest BCUT2D eigenvalue weighted by atomic mass is 9.85. The van der Waals surface area contributed by atoms with E-state index in [1.54, 1.807) is 48.8 Å². The maximum Gasteiger partial charge on any atom is 0.227 e. The molecule has 1 aliphatic rings. The fourth-order valence-electron chi connectivity index (χ4n) is 3.86. The van der Waals surface area contributed by atoms with Crippen LogP contribution in [0.2, 0.25) is 0 Å². The molecule has 1 aromatic heterocycles. The molecule has 0 atom stereocenters. The molecule has 3 rings (SSSR count). The highest BCUT2D eigenvalue weighted by Gasteiger charge is 2.42. The molecule has 0 bridgehead atoms. The van der Waals surface area contributed by atoms with Crippen molar-refractivity contribution >= 4 is 22.9 Å². The monoisotopic (exact) mass is 391 g/mol. The molecule has 0 unspecified atom stereocenters. The third kappa shape index (κ3) is 4.78. The Morgan fingerprint density at radius 2 is 2.07 bits per heavy atom. The summed E-state index contributed by atoms with van der Waals surface area (Å²) in [6, 6.07) is 12.9. The number of ether oxygens (including phenoxy) is 1. The van der Waals surface area contributed by atoms with E-state index < -0.39 is 24.7 Å². The lowest BCUT2D eigenvalue weighted by molar-refractivity contribution is -0.120. The standard InChI is InChI=1S/C22H30N2O2S/c1-3-21(25)24(19-8-5-4-6-9-19)22(18-26-2)12-15-23(16-13-22)14-11-20-10-7-17-27-20/h4-10,17H,3,11-16,18H2,1-2H3/i1D3,3D2. The SMILES string of the molecule is [2H]C([2H])([2H])C([2H])([2H])C(=O)N(c1ccccc1)C1(COC)CCN(CCc2cccs2)CC1. The van der Waals surface area contributed by atoms with Gasteiger partial charge in [0.05, 0.1) is 12.1 Å². The van der Waals surface area contributed by atoms with Gasteiger partial charge < -0.3 is 14.5 Å². The summed E-state index contributed by atoms with van der Waals surface area (Å²) in [6.45, 7) is -0.556. The number of hydrogen-bond donors (Lipinski definition) is 0. The van der Waals surface area contributed by atoms with E-state index in [9.17, 15) is 4.79 Å². The molecule has 1 fully saturated rings. The van der Waals surface area contributed by atoms with E-state index in [0.29, 0.717) is 31.6 Å². The largest absolute Gasteiger partial charge is 0.382 e. The number of piperidine rings is 1. The van der Waals surface area contributed by atoms with E-state index in [4.69, 9.17) is 11.6 Å². The smallest absolute Gasteiger partial charge is 0.227 e. The van der Waals surface area contributed by atoms with Crippen molar-refractivity contribution in [2.45, 2.75) is 38.0 Å². The molecule has 1 aromatic carbocycles. The summed E-state index contributed by atoms with van der Waals surface area (Å²) >= 11 is 1.74. The predicted octanol–water partition coefficient (Wildman–Crippen LogP) is 4.21. The van der Waals surface area contributed by atoms with Gasteiger partial charge >= 0.3 is 0 Å². The van der Waals surface area contributed by atoms with Gasteiger partial charge in [0, 0.05) is 50.5 Å². The second kappa shape index (κ2) is 9.49. The predicted molar refractivity (Wildman–Crippen MR) is 113 cm³/mol. The van der Waals surface area contributed by atoms with Crippen LogP contribution in [0.1, 0.15) is 37.8 Å². The molecule has 0 spiro atoms. The highest BCUT2D eigenvalue weighted by Crippen LogP contribution is 2.34. The number of carbonyl (C=O) groups is 1. The van der Waals surface area contributed by atoms with Crippen molar-refractivity contribution in [2.75, 3.05) is 38.3 Å². The number of carbonyl (C=O) groups excluding carboxylic acids is 1. The summed E-state index contributed by atoms with van der Waals surface area (Å²) in [5.74, 6) is -1.05. The molecule has 27 heavy (non-hydrogen) atoms. The third-order valence-corrected chi connectivity index (χ3v) is 6.19. The van der Waals surface area contributed by atoms with Crippen molar-refractivity contribution in [2.24, 2.45) is 0 Å². The number of likely N-dealkylation sites (tertiary alicyclic amines) is 1. The first-order chi connectivity index (χ1) is 15.1. The van der Waals surface area contributed by atoms with Crippen LogP contribution in [0, 0.1) is 0 Å².